The van der Waals surface area contributed by atoms with Gasteiger partial charge in [-0.05, 0) is 94.0 Å². The van der Waals surface area contributed by atoms with E-state index in [1.165, 1.54) is 75.8 Å². The average Bonchev–Trinajstić information content (AvgIpc) is 3.08. The maximum atomic E-state index is 4.72. The molecule has 0 bridgehead atoms. The van der Waals surface area contributed by atoms with Gasteiger partial charge in [0.25, 0.3) is 0 Å². The van der Waals surface area contributed by atoms with Crippen LogP contribution in [0.2, 0.25) is 0 Å². The molecule has 1 heteroatoms. The summed E-state index contributed by atoms with van der Waals surface area (Å²) < 4.78 is 0. The summed E-state index contributed by atoms with van der Waals surface area (Å²) in [4.78, 5) is 4.72. The van der Waals surface area contributed by atoms with Gasteiger partial charge in [-0.2, -0.15) is 0 Å². The van der Waals surface area contributed by atoms with Gasteiger partial charge in [-0.1, -0.05) is 121 Å². The minimum absolute atomic E-state index is 1.12. The summed E-state index contributed by atoms with van der Waals surface area (Å²) in [7, 11) is 0. The summed E-state index contributed by atoms with van der Waals surface area (Å²) in [5.74, 6) is 0. The van der Waals surface area contributed by atoms with Gasteiger partial charge >= 0.3 is 0 Å². The highest BCUT2D eigenvalue weighted by Crippen LogP contribution is 2.39. The Kier molecular flexibility index (Phi) is 4.97. The third-order valence-corrected chi connectivity index (χ3v) is 8.89. The number of benzene rings is 8. The second kappa shape index (κ2) is 8.99. The zero-order valence-corrected chi connectivity index (χ0v) is 22.9. The van der Waals surface area contributed by atoms with Crippen molar-refractivity contribution in [3.8, 4) is 22.3 Å². The van der Waals surface area contributed by atoms with E-state index in [1.807, 2.05) is 12.4 Å². The highest BCUT2D eigenvalue weighted by atomic mass is 14.6. The fourth-order valence-electron chi connectivity index (χ4n) is 6.93. The molecule has 1 aromatic heterocycles. The second-order valence-electron chi connectivity index (χ2n) is 11.2. The number of fused-ring (bicyclic) bond motifs is 12. The van der Waals surface area contributed by atoms with Crippen LogP contribution >= 0.6 is 0 Å². The Morgan fingerprint density at radius 2 is 0.524 bits per heavy atom. The SMILES string of the molecule is c1ccc2c(c1)c1ccccc1c1cc(-c3cncc(-c4ccc5c6ccccc6c6ccccc6c5c4)c3)ccc21. The van der Waals surface area contributed by atoms with Crippen LogP contribution in [0.15, 0.2) is 152 Å². The lowest BCUT2D eigenvalue weighted by Gasteiger charge is -2.13. The molecule has 8 aromatic carbocycles. The first-order valence-electron chi connectivity index (χ1n) is 14.5. The van der Waals surface area contributed by atoms with Gasteiger partial charge in [0.05, 0.1) is 0 Å². The zero-order valence-electron chi connectivity index (χ0n) is 22.9. The molecule has 0 atom stereocenters. The van der Waals surface area contributed by atoms with Crippen LogP contribution in [-0.2, 0) is 0 Å². The van der Waals surface area contributed by atoms with Crippen LogP contribution in [0, 0.1) is 0 Å². The number of pyridine rings is 1. The number of nitrogens with zero attached hydrogens (tertiary/aromatic N) is 1. The van der Waals surface area contributed by atoms with Crippen molar-refractivity contribution in [1.29, 1.82) is 0 Å². The highest BCUT2D eigenvalue weighted by molar-refractivity contribution is 6.27. The minimum atomic E-state index is 1.12. The smallest absolute Gasteiger partial charge is 0.0346 e. The number of hydrogen-bond acceptors (Lipinski definition) is 1. The van der Waals surface area contributed by atoms with Crippen LogP contribution in [0.4, 0.5) is 0 Å². The van der Waals surface area contributed by atoms with Crippen LogP contribution in [0.25, 0.3) is 86.9 Å². The summed E-state index contributed by atoms with van der Waals surface area (Å²) in [5, 5.41) is 15.4. The summed E-state index contributed by atoms with van der Waals surface area (Å²) >= 11 is 0. The Hall–Kier alpha value is -5.53. The molecule has 9 aromatic rings. The molecule has 0 aliphatic rings. The van der Waals surface area contributed by atoms with Gasteiger partial charge in [-0.25, -0.2) is 0 Å². The van der Waals surface area contributed by atoms with Crippen LogP contribution in [0.3, 0.4) is 0 Å². The first-order valence-corrected chi connectivity index (χ1v) is 14.5. The third-order valence-electron chi connectivity index (χ3n) is 8.89. The lowest BCUT2D eigenvalue weighted by Crippen LogP contribution is -1.88. The van der Waals surface area contributed by atoms with E-state index in [0.29, 0.717) is 0 Å². The van der Waals surface area contributed by atoms with Gasteiger partial charge in [0.15, 0.2) is 0 Å². The monoisotopic (exact) mass is 531 g/mol. The molecular formula is C41H25N. The van der Waals surface area contributed by atoms with E-state index in [2.05, 4.69) is 140 Å². The van der Waals surface area contributed by atoms with Crippen molar-refractivity contribution in [3.05, 3.63) is 152 Å². The van der Waals surface area contributed by atoms with Crippen LogP contribution in [0.5, 0.6) is 0 Å². The van der Waals surface area contributed by atoms with Crippen molar-refractivity contribution >= 4 is 64.6 Å². The number of hydrogen-bond donors (Lipinski definition) is 0. The zero-order chi connectivity index (χ0) is 27.6. The van der Waals surface area contributed by atoms with Crippen LogP contribution in [0.1, 0.15) is 0 Å². The molecular weight excluding hydrogens is 506 g/mol. The third kappa shape index (κ3) is 3.41. The van der Waals surface area contributed by atoms with Crippen molar-refractivity contribution in [1.82, 2.24) is 4.98 Å². The quantitative estimate of drug-likeness (QED) is 0.202. The predicted octanol–water partition coefficient (Wildman–Crippen LogP) is 11.3. The van der Waals surface area contributed by atoms with Crippen molar-refractivity contribution in [2.24, 2.45) is 0 Å². The normalized spacial score (nSPS) is 11.8. The molecule has 0 amide bonds. The van der Waals surface area contributed by atoms with Crippen molar-refractivity contribution in [3.63, 3.8) is 0 Å². The van der Waals surface area contributed by atoms with Gasteiger partial charge < -0.3 is 0 Å². The van der Waals surface area contributed by atoms with Gasteiger partial charge in [0.1, 0.15) is 0 Å². The fourth-order valence-corrected chi connectivity index (χ4v) is 6.93. The molecule has 0 unspecified atom stereocenters. The summed E-state index contributed by atoms with van der Waals surface area (Å²) in [6, 6.07) is 50.9. The van der Waals surface area contributed by atoms with Gasteiger partial charge in [0, 0.05) is 23.5 Å². The van der Waals surface area contributed by atoms with E-state index in [4.69, 9.17) is 4.98 Å². The summed E-state index contributed by atoms with van der Waals surface area (Å²) in [6.07, 6.45) is 3.97. The Labute approximate surface area is 243 Å². The standard InChI is InChI=1S/C41H25N/c1-3-13-34-30(9-1)32-11-5-7-15-36(32)40-22-26(17-19-38(34)40)28-21-29(25-42-24-28)27-18-20-39-35-14-4-2-10-31(35)33-12-6-8-16-37(33)41(39)23-27/h1-25H. The van der Waals surface area contributed by atoms with Crippen molar-refractivity contribution < 1.29 is 0 Å². The molecule has 1 nitrogen and oxygen atoms in total. The van der Waals surface area contributed by atoms with Crippen molar-refractivity contribution in [2.75, 3.05) is 0 Å². The molecule has 194 valence electrons. The summed E-state index contributed by atoms with van der Waals surface area (Å²) in [6.45, 7) is 0. The Morgan fingerprint density at radius 3 is 0.857 bits per heavy atom. The van der Waals surface area contributed by atoms with E-state index >= 15 is 0 Å². The lowest BCUT2D eigenvalue weighted by molar-refractivity contribution is 1.33. The largest absolute Gasteiger partial charge is 0.263 e. The second-order valence-corrected chi connectivity index (χ2v) is 11.2. The molecule has 0 spiro atoms. The molecule has 42 heavy (non-hydrogen) atoms. The molecule has 0 saturated heterocycles. The molecule has 0 aliphatic heterocycles. The number of aromatic nitrogens is 1. The van der Waals surface area contributed by atoms with Crippen LogP contribution < -0.4 is 0 Å². The Bertz CT molecular complexity index is 2280. The molecule has 0 radical (unpaired) electrons. The van der Waals surface area contributed by atoms with Gasteiger partial charge in [-0.3, -0.25) is 4.98 Å². The first kappa shape index (κ1) is 23.2. The molecule has 0 N–H and O–H groups in total. The molecule has 9 rings (SSSR count). The first-order chi connectivity index (χ1) is 20.8. The fraction of sp³-hybridized carbons (Fsp3) is 0. The average molecular weight is 532 g/mol. The van der Waals surface area contributed by atoms with Gasteiger partial charge in [-0.15, -0.1) is 0 Å². The molecule has 0 fully saturated rings. The molecule has 0 saturated carbocycles. The van der Waals surface area contributed by atoms with Crippen LogP contribution in [-0.4, -0.2) is 4.98 Å². The maximum Gasteiger partial charge on any atom is 0.0346 e. The van der Waals surface area contributed by atoms with Crippen molar-refractivity contribution in [2.45, 2.75) is 0 Å². The maximum absolute atomic E-state index is 4.72. The Balaban J connectivity index is 1.23. The van der Waals surface area contributed by atoms with E-state index in [0.717, 1.165) is 11.1 Å². The van der Waals surface area contributed by atoms with E-state index in [1.54, 1.807) is 0 Å². The summed E-state index contributed by atoms with van der Waals surface area (Å²) in [5.41, 5.74) is 4.59. The van der Waals surface area contributed by atoms with E-state index < -0.39 is 0 Å². The minimum Gasteiger partial charge on any atom is -0.263 e. The lowest BCUT2D eigenvalue weighted by atomic mass is 9.91. The molecule has 1 heterocycles. The highest BCUT2D eigenvalue weighted by Gasteiger charge is 2.12. The Morgan fingerprint density at radius 1 is 0.238 bits per heavy atom. The van der Waals surface area contributed by atoms with E-state index in [-0.39, 0.29) is 0 Å². The van der Waals surface area contributed by atoms with E-state index in [9.17, 15) is 0 Å². The number of rotatable bonds is 2. The van der Waals surface area contributed by atoms with Gasteiger partial charge in [0.2, 0.25) is 0 Å². The topological polar surface area (TPSA) is 12.9 Å². The predicted molar refractivity (Wildman–Crippen MR) is 180 cm³/mol. The molecule has 0 aliphatic carbocycles.